The maximum atomic E-state index is 12.9. The molecule has 4 heteroatoms. The smallest absolute Gasteiger partial charge is 0.229 e. The molecule has 0 bridgehead atoms. The van der Waals surface area contributed by atoms with Gasteiger partial charge in [0.15, 0.2) is 0 Å². The van der Waals surface area contributed by atoms with Gasteiger partial charge in [-0.15, -0.1) is 0 Å². The van der Waals surface area contributed by atoms with E-state index in [2.05, 4.69) is 25.2 Å². The van der Waals surface area contributed by atoms with E-state index < -0.39 is 0 Å². The second-order valence-electron chi connectivity index (χ2n) is 9.55. The van der Waals surface area contributed by atoms with Crippen LogP contribution < -0.4 is 11.1 Å². The van der Waals surface area contributed by atoms with Gasteiger partial charge in [0.05, 0.1) is 5.70 Å². The number of Topliss-reactive ketones (excluding diaryl/α,β-unsaturated/α-hetero) is 1. The van der Waals surface area contributed by atoms with E-state index in [1.807, 2.05) is 25.1 Å². The molecule has 2 aromatic rings. The average Bonchev–Trinajstić information content (AvgIpc) is 2.80. The largest absolute Gasteiger partial charge is 0.396 e. The Labute approximate surface area is 199 Å². The zero-order chi connectivity index (χ0) is 23.8. The summed E-state index contributed by atoms with van der Waals surface area (Å²) in [6, 6.07) is 8.08. The van der Waals surface area contributed by atoms with Crippen LogP contribution >= 0.6 is 0 Å². The van der Waals surface area contributed by atoms with E-state index in [0.29, 0.717) is 23.5 Å². The van der Waals surface area contributed by atoms with Gasteiger partial charge in [-0.2, -0.15) is 0 Å². The Balaban J connectivity index is 1.55. The van der Waals surface area contributed by atoms with Gasteiger partial charge in [0.25, 0.3) is 0 Å². The predicted octanol–water partition coefficient (Wildman–Crippen LogP) is 6.94. The van der Waals surface area contributed by atoms with E-state index in [-0.39, 0.29) is 11.5 Å². The van der Waals surface area contributed by atoms with E-state index in [0.717, 1.165) is 34.7 Å². The predicted molar refractivity (Wildman–Crippen MR) is 141 cm³/mol. The van der Waals surface area contributed by atoms with Gasteiger partial charge in [-0.25, -0.2) is 0 Å². The number of hydrogen-bond donors (Lipinski definition) is 3. The van der Waals surface area contributed by atoms with Gasteiger partial charge < -0.3 is 11.1 Å². The van der Waals surface area contributed by atoms with Crippen molar-refractivity contribution in [3.8, 4) is 0 Å². The van der Waals surface area contributed by atoms with E-state index in [4.69, 9.17) is 11.1 Å². The Morgan fingerprint density at radius 2 is 1.52 bits per heavy atom. The lowest BCUT2D eigenvalue weighted by molar-refractivity contribution is -0.110. The summed E-state index contributed by atoms with van der Waals surface area (Å²) >= 11 is 0. The number of aryl methyl sites for hydroxylation is 2. The fraction of sp³-hybridized carbons (Fsp3) is 0.517. The second-order valence-corrected chi connectivity index (χ2v) is 9.55. The summed E-state index contributed by atoms with van der Waals surface area (Å²) in [6.07, 6.45) is 14.2. The molecule has 0 fully saturated rings. The number of carbonyl (C=O) groups is 1. The van der Waals surface area contributed by atoms with Crippen LogP contribution in [0.2, 0.25) is 0 Å². The first-order chi connectivity index (χ1) is 16.0. The van der Waals surface area contributed by atoms with Crippen LogP contribution in [0.3, 0.4) is 0 Å². The van der Waals surface area contributed by atoms with Crippen molar-refractivity contribution in [2.45, 2.75) is 91.4 Å². The molecule has 4 N–H and O–H groups in total. The fourth-order valence-electron chi connectivity index (χ4n) is 5.09. The summed E-state index contributed by atoms with van der Waals surface area (Å²) in [5.41, 5.74) is 11.1. The van der Waals surface area contributed by atoms with E-state index in [1.165, 1.54) is 63.4 Å². The van der Waals surface area contributed by atoms with Gasteiger partial charge in [0.2, 0.25) is 5.78 Å². The molecule has 0 amide bonds. The summed E-state index contributed by atoms with van der Waals surface area (Å²) in [5, 5.41) is 14.0. The average molecular weight is 448 g/mol. The lowest BCUT2D eigenvalue weighted by atomic mass is 9.83. The van der Waals surface area contributed by atoms with E-state index in [1.54, 1.807) is 0 Å². The highest BCUT2D eigenvalue weighted by molar-refractivity contribution is 6.53. The van der Waals surface area contributed by atoms with Gasteiger partial charge in [-0.3, -0.25) is 10.2 Å². The number of nitrogens with one attached hydrogen (secondary N) is 2. The first-order valence-electron chi connectivity index (χ1n) is 12.9. The molecule has 3 rings (SSSR count). The zero-order valence-corrected chi connectivity index (χ0v) is 20.8. The standard InChI is InChI=1S/C29H41N3O/c1-4-5-6-7-8-9-10-11-12-13-14-18-32-28-27(31)25-21(3)24-20(2)16-15-17-22(24)19-23(25)26(30)29(28)33/h15-17,19,30,32H,4-14,18,31H2,1-3H3. The second kappa shape index (κ2) is 12.0. The normalized spacial score (nSPS) is 13.7. The van der Waals surface area contributed by atoms with Crippen molar-refractivity contribution < 1.29 is 4.79 Å². The monoisotopic (exact) mass is 447 g/mol. The Bertz CT molecular complexity index is 1030. The number of nitrogens with two attached hydrogens (primary N) is 1. The highest BCUT2D eigenvalue weighted by Gasteiger charge is 2.31. The van der Waals surface area contributed by atoms with Crippen LogP contribution in [-0.2, 0) is 4.79 Å². The third-order valence-electron chi connectivity index (χ3n) is 6.97. The molecule has 0 atom stereocenters. The quantitative estimate of drug-likeness (QED) is 0.291. The zero-order valence-electron chi connectivity index (χ0n) is 20.8. The molecule has 4 nitrogen and oxygen atoms in total. The molecule has 0 heterocycles. The van der Waals surface area contributed by atoms with Crippen molar-refractivity contribution >= 4 is 28.0 Å². The number of unbranched alkanes of at least 4 members (excludes halogenated alkanes) is 10. The highest BCUT2D eigenvalue weighted by atomic mass is 16.1. The number of fused-ring (bicyclic) bond motifs is 2. The van der Waals surface area contributed by atoms with Crippen molar-refractivity contribution in [3.63, 3.8) is 0 Å². The highest BCUT2D eigenvalue weighted by Crippen LogP contribution is 2.34. The molecule has 2 aromatic carbocycles. The van der Waals surface area contributed by atoms with Gasteiger partial charge in [0, 0.05) is 17.7 Å². The first kappa shape index (κ1) is 25.0. The third-order valence-corrected chi connectivity index (χ3v) is 6.97. The van der Waals surface area contributed by atoms with Crippen LogP contribution in [0.5, 0.6) is 0 Å². The molecule has 0 saturated heterocycles. The molecular formula is C29H41N3O. The Kier molecular flexibility index (Phi) is 9.11. The van der Waals surface area contributed by atoms with Crippen molar-refractivity contribution in [1.29, 1.82) is 5.41 Å². The molecule has 0 unspecified atom stereocenters. The van der Waals surface area contributed by atoms with Gasteiger partial charge >= 0.3 is 0 Å². The van der Waals surface area contributed by atoms with Crippen molar-refractivity contribution in [2.24, 2.45) is 5.73 Å². The minimum absolute atomic E-state index is 0.0344. The lowest BCUT2D eigenvalue weighted by Gasteiger charge is -2.25. The van der Waals surface area contributed by atoms with Crippen LogP contribution in [0.25, 0.3) is 16.5 Å². The number of benzene rings is 2. The van der Waals surface area contributed by atoms with Crippen LogP contribution in [0.15, 0.2) is 30.0 Å². The van der Waals surface area contributed by atoms with E-state index >= 15 is 0 Å². The summed E-state index contributed by atoms with van der Waals surface area (Å²) in [6.45, 7) is 7.11. The summed E-state index contributed by atoms with van der Waals surface area (Å²) in [4.78, 5) is 12.9. The van der Waals surface area contributed by atoms with Crippen molar-refractivity contribution in [3.05, 3.63) is 52.2 Å². The molecular weight excluding hydrogens is 406 g/mol. The number of hydrogen-bond acceptors (Lipinski definition) is 4. The Morgan fingerprint density at radius 1 is 0.909 bits per heavy atom. The van der Waals surface area contributed by atoms with Crippen molar-refractivity contribution in [2.75, 3.05) is 6.54 Å². The maximum absolute atomic E-state index is 12.9. The molecule has 178 valence electrons. The Morgan fingerprint density at radius 3 is 2.15 bits per heavy atom. The number of ketones is 1. The topological polar surface area (TPSA) is 79.0 Å². The van der Waals surface area contributed by atoms with Crippen molar-refractivity contribution in [1.82, 2.24) is 5.32 Å². The molecule has 33 heavy (non-hydrogen) atoms. The third kappa shape index (κ3) is 5.85. The van der Waals surface area contributed by atoms with Crippen LogP contribution in [0, 0.1) is 19.3 Å². The molecule has 0 saturated carbocycles. The van der Waals surface area contributed by atoms with Crippen LogP contribution in [0.4, 0.5) is 0 Å². The minimum Gasteiger partial charge on any atom is -0.396 e. The lowest BCUT2D eigenvalue weighted by Crippen LogP contribution is -2.34. The van der Waals surface area contributed by atoms with Gasteiger partial charge in [-0.05, 0) is 48.2 Å². The molecule has 0 aromatic heterocycles. The molecule has 1 aliphatic carbocycles. The number of allylic oxidation sites excluding steroid dienone is 1. The summed E-state index contributed by atoms with van der Waals surface area (Å²) in [7, 11) is 0. The van der Waals surface area contributed by atoms with Crippen LogP contribution in [-0.4, -0.2) is 18.0 Å². The Hall–Kier alpha value is -2.62. The summed E-state index contributed by atoms with van der Waals surface area (Å²) < 4.78 is 0. The number of rotatable bonds is 13. The first-order valence-corrected chi connectivity index (χ1v) is 12.9. The molecule has 1 aliphatic rings. The van der Waals surface area contributed by atoms with Gasteiger partial charge in [0.1, 0.15) is 11.4 Å². The maximum Gasteiger partial charge on any atom is 0.229 e. The minimum atomic E-state index is -0.297. The molecule has 0 radical (unpaired) electrons. The molecule has 0 aliphatic heterocycles. The van der Waals surface area contributed by atoms with E-state index in [9.17, 15) is 4.79 Å². The summed E-state index contributed by atoms with van der Waals surface area (Å²) in [5.74, 6) is -0.297. The fourth-order valence-corrected chi connectivity index (χ4v) is 5.09. The molecule has 0 spiro atoms. The van der Waals surface area contributed by atoms with Gasteiger partial charge in [-0.1, -0.05) is 89.3 Å². The number of carbonyl (C=O) groups excluding carboxylic acids is 1. The van der Waals surface area contributed by atoms with Crippen LogP contribution in [0.1, 0.15) is 99.8 Å². The SMILES string of the molecule is CCCCCCCCCCCCCNC1=C(N)c2c(cc3cccc(C)c3c2C)C(=N)C1=O.